The highest BCUT2D eigenvalue weighted by Gasteiger charge is 2.28. The largest absolute Gasteiger partial charge is 0.449 e. The van der Waals surface area contributed by atoms with Gasteiger partial charge in [0.05, 0.1) is 19.0 Å². The number of nitrogens with zero attached hydrogens (tertiary/aromatic N) is 1. The van der Waals surface area contributed by atoms with E-state index in [1.807, 2.05) is 48.5 Å². The molecular weight excluding hydrogens is 372 g/mol. The quantitative estimate of drug-likeness (QED) is 0.658. The highest BCUT2D eigenvalue weighted by atomic mass is 16.5. The molecule has 1 N–H and O–H groups in total. The standard InChI is InChI=1S/C26H20N2O2/c27-16-15-20-9-2-1-8-19(20)10-7-17-28-26(29)30-18-25-23-13-5-3-11-21(23)22-12-4-6-14-24(22)25/h1-6,8-9,11-14,25H,15,17-18H2,(H,28,29). The Labute approximate surface area is 176 Å². The monoisotopic (exact) mass is 392 g/mol. The second kappa shape index (κ2) is 8.99. The van der Waals surface area contributed by atoms with Crippen LogP contribution in [-0.2, 0) is 11.2 Å². The van der Waals surface area contributed by atoms with E-state index in [-0.39, 0.29) is 19.1 Å². The zero-order valence-corrected chi connectivity index (χ0v) is 16.4. The van der Waals surface area contributed by atoms with Crippen molar-refractivity contribution in [2.45, 2.75) is 12.3 Å². The van der Waals surface area contributed by atoms with Gasteiger partial charge in [-0.1, -0.05) is 78.6 Å². The molecule has 1 amide bonds. The first kappa shape index (κ1) is 19.3. The number of amides is 1. The lowest BCUT2D eigenvalue weighted by Crippen LogP contribution is -2.26. The van der Waals surface area contributed by atoms with Crippen LogP contribution in [0.2, 0.25) is 0 Å². The molecular formula is C26H20N2O2. The average Bonchev–Trinajstić information content (AvgIpc) is 3.10. The van der Waals surface area contributed by atoms with Crippen LogP contribution in [0, 0.1) is 23.2 Å². The van der Waals surface area contributed by atoms with E-state index in [4.69, 9.17) is 10.00 Å². The predicted molar refractivity (Wildman–Crippen MR) is 116 cm³/mol. The fourth-order valence-electron chi connectivity index (χ4n) is 3.79. The lowest BCUT2D eigenvalue weighted by Gasteiger charge is -2.14. The number of fused-ring (bicyclic) bond motifs is 3. The summed E-state index contributed by atoms with van der Waals surface area (Å²) >= 11 is 0. The smallest absolute Gasteiger partial charge is 0.407 e. The number of ether oxygens (including phenoxy) is 1. The first-order valence-electron chi connectivity index (χ1n) is 9.80. The highest BCUT2D eigenvalue weighted by molar-refractivity contribution is 5.79. The second-order valence-corrected chi connectivity index (χ2v) is 6.97. The van der Waals surface area contributed by atoms with E-state index in [2.05, 4.69) is 47.5 Å². The van der Waals surface area contributed by atoms with Crippen LogP contribution in [0.4, 0.5) is 4.79 Å². The summed E-state index contributed by atoms with van der Waals surface area (Å²) in [5.74, 6) is 5.96. The number of carbonyl (C=O) groups is 1. The Morgan fingerprint density at radius 1 is 0.933 bits per heavy atom. The molecule has 30 heavy (non-hydrogen) atoms. The van der Waals surface area contributed by atoms with E-state index >= 15 is 0 Å². The Morgan fingerprint density at radius 3 is 2.27 bits per heavy atom. The Balaban J connectivity index is 1.35. The molecule has 0 heterocycles. The van der Waals surface area contributed by atoms with Gasteiger partial charge in [-0.05, 0) is 33.9 Å². The van der Waals surface area contributed by atoms with Gasteiger partial charge in [0, 0.05) is 11.5 Å². The molecule has 146 valence electrons. The van der Waals surface area contributed by atoms with Crippen molar-refractivity contribution >= 4 is 6.09 Å². The number of hydrogen-bond donors (Lipinski definition) is 1. The minimum atomic E-state index is -0.489. The van der Waals surface area contributed by atoms with Crippen LogP contribution < -0.4 is 5.32 Å². The number of nitrogens with one attached hydrogen (secondary N) is 1. The molecule has 0 atom stereocenters. The molecule has 0 unspecified atom stereocenters. The molecule has 1 aliphatic carbocycles. The first-order chi connectivity index (χ1) is 14.8. The fraction of sp³-hybridized carbons (Fsp3) is 0.154. The Bertz CT molecular complexity index is 1140. The molecule has 4 rings (SSSR count). The maximum atomic E-state index is 12.2. The van der Waals surface area contributed by atoms with Crippen LogP contribution in [0.15, 0.2) is 72.8 Å². The summed E-state index contributed by atoms with van der Waals surface area (Å²) in [5, 5.41) is 11.6. The molecule has 4 heteroatoms. The molecule has 0 saturated heterocycles. The van der Waals surface area contributed by atoms with Crippen LogP contribution >= 0.6 is 0 Å². The summed E-state index contributed by atoms with van der Waals surface area (Å²) in [7, 11) is 0. The SMILES string of the molecule is N#CCc1ccccc1C#CCNC(=O)OCC1c2ccccc2-c2ccccc21. The molecule has 0 aromatic heterocycles. The van der Waals surface area contributed by atoms with Crippen molar-refractivity contribution in [1.29, 1.82) is 5.26 Å². The molecule has 3 aromatic rings. The lowest BCUT2D eigenvalue weighted by molar-refractivity contribution is 0.144. The predicted octanol–water partition coefficient (Wildman–Crippen LogP) is 4.64. The van der Waals surface area contributed by atoms with E-state index in [1.54, 1.807) is 0 Å². The van der Waals surface area contributed by atoms with Gasteiger partial charge in [-0.3, -0.25) is 0 Å². The molecule has 0 bridgehead atoms. The molecule has 0 radical (unpaired) electrons. The van der Waals surface area contributed by atoms with E-state index < -0.39 is 6.09 Å². The van der Waals surface area contributed by atoms with Crippen molar-refractivity contribution in [2.24, 2.45) is 0 Å². The number of nitriles is 1. The summed E-state index contributed by atoms with van der Waals surface area (Å²) in [6.45, 7) is 0.454. The zero-order chi connectivity index (χ0) is 20.8. The number of carbonyl (C=O) groups excluding carboxylic acids is 1. The normalized spacial score (nSPS) is 11.4. The Kier molecular flexibility index (Phi) is 5.78. The van der Waals surface area contributed by atoms with Gasteiger partial charge in [0.25, 0.3) is 0 Å². The van der Waals surface area contributed by atoms with Crippen LogP contribution in [0.25, 0.3) is 11.1 Å². The average molecular weight is 392 g/mol. The van der Waals surface area contributed by atoms with Gasteiger partial charge in [-0.2, -0.15) is 5.26 Å². The molecule has 0 spiro atoms. The van der Waals surface area contributed by atoms with Crippen molar-refractivity contribution in [3.05, 3.63) is 95.1 Å². The van der Waals surface area contributed by atoms with Gasteiger partial charge in [0.15, 0.2) is 0 Å². The third-order valence-electron chi connectivity index (χ3n) is 5.17. The van der Waals surface area contributed by atoms with Crippen molar-refractivity contribution in [3.63, 3.8) is 0 Å². The van der Waals surface area contributed by atoms with Crippen LogP contribution in [-0.4, -0.2) is 19.2 Å². The maximum Gasteiger partial charge on any atom is 0.407 e. The molecule has 0 aliphatic heterocycles. The topological polar surface area (TPSA) is 62.1 Å². The van der Waals surface area contributed by atoms with E-state index in [1.165, 1.54) is 22.3 Å². The zero-order valence-electron chi connectivity index (χ0n) is 16.4. The summed E-state index contributed by atoms with van der Waals surface area (Å²) in [5.41, 5.74) is 6.44. The molecule has 1 aliphatic rings. The van der Waals surface area contributed by atoms with Crippen molar-refractivity contribution in [3.8, 4) is 29.0 Å². The molecule has 0 fully saturated rings. The van der Waals surface area contributed by atoms with Crippen LogP contribution in [0.1, 0.15) is 28.2 Å². The molecule has 0 saturated carbocycles. The maximum absolute atomic E-state index is 12.2. The van der Waals surface area contributed by atoms with Gasteiger partial charge >= 0.3 is 6.09 Å². The Hall–Kier alpha value is -4.02. The number of benzene rings is 3. The summed E-state index contributed by atoms with van der Waals surface area (Å²) in [6.07, 6.45) is -0.179. The van der Waals surface area contributed by atoms with Crippen LogP contribution in [0.3, 0.4) is 0 Å². The minimum absolute atomic E-state index is 0.0343. The third kappa shape index (κ3) is 4.04. The van der Waals surface area contributed by atoms with E-state index in [9.17, 15) is 4.79 Å². The minimum Gasteiger partial charge on any atom is -0.449 e. The van der Waals surface area contributed by atoms with Gasteiger partial charge in [-0.25, -0.2) is 4.79 Å². The first-order valence-corrected chi connectivity index (χ1v) is 9.80. The molecule has 4 nitrogen and oxygen atoms in total. The summed E-state index contributed by atoms with van der Waals surface area (Å²) < 4.78 is 5.49. The van der Waals surface area contributed by atoms with Crippen molar-refractivity contribution in [1.82, 2.24) is 5.32 Å². The second-order valence-electron chi connectivity index (χ2n) is 6.97. The third-order valence-corrected chi connectivity index (χ3v) is 5.17. The Morgan fingerprint density at radius 2 is 1.57 bits per heavy atom. The highest BCUT2D eigenvalue weighted by Crippen LogP contribution is 2.44. The van der Waals surface area contributed by atoms with Gasteiger partial charge in [-0.15, -0.1) is 0 Å². The number of rotatable bonds is 4. The fourth-order valence-corrected chi connectivity index (χ4v) is 3.79. The molecule has 3 aromatic carbocycles. The number of alkyl carbamates (subject to hydrolysis) is 1. The van der Waals surface area contributed by atoms with E-state index in [0.29, 0.717) is 6.42 Å². The van der Waals surface area contributed by atoms with Gasteiger partial charge in [0.2, 0.25) is 0 Å². The van der Waals surface area contributed by atoms with Gasteiger partial charge in [0.1, 0.15) is 6.61 Å². The van der Waals surface area contributed by atoms with Crippen molar-refractivity contribution in [2.75, 3.05) is 13.2 Å². The summed E-state index contributed by atoms with van der Waals surface area (Å²) in [4.78, 5) is 12.2. The summed E-state index contributed by atoms with van der Waals surface area (Å²) in [6, 6.07) is 26.1. The lowest BCUT2D eigenvalue weighted by atomic mass is 9.98. The number of hydrogen-bond acceptors (Lipinski definition) is 3. The van der Waals surface area contributed by atoms with Gasteiger partial charge < -0.3 is 10.1 Å². The van der Waals surface area contributed by atoms with Crippen molar-refractivity contribution < 1.29 is 9.53 Å². The van der Waals surface area contributed by atoms with E-state index in [0.717, 1.165) is 11.1 Å². The van der Waals surface area contributed by atoms with Crippen LogP contribution in [0.5, 0.6) is 0 Å².